The minimum Gasteiger partial charge on any atom is -0.508 e. The summed E-state index contributed by atoms with van der Waals surface area (Å²) in [4.78, 5) is 29.8. The minimum atomic E-state index is -0.217. The van der Waals surface area contributed by atoms with Gasteiger partial charge in [0.2, 0.25) is 0 Å². The Morgan fingerprint density at radius 2 is 1.67 bits per heavy atom. The van der Waals surface area contributed by atoms with Crippen molar-refractivity contribution in [3.8, 4) is 5.75 Å². The van der Waals surface area contributed by atoms with Crippen molar-refractivity contribution in [1.29, 1.82) is 0 Å². The molecule has 0 radical (unpaired) electrons. The van der Waals surface area contributed by atoms with Gasteiger partial charge in [-0.1, -0.05) is 48.0 Å². The summed E-state index contributed by atoms with van der Waals surface area (Å²) < 4.78 is 5.67. The number of piperidine rings is 1. The molecule has 3 amide bonds. The first-order valence-electron chi connectivity index (χ1n) is 15.9. The smallest absolute Gasteiger partial charge is 0.319 e. The third-order valence-electron chi connectivity index (χ3n) is 8.28. The number of phenolic OH excluding ortho intramolecular Hbond substituents is 1. The number of benzene rings is 3. The fourth-order valence-electron chi connectivity index (χ4n) is 5.78. The van der Waals surface area contributed by atoms with Crippen LogP contribution in [-0.4, -0.2) is 66.1 Å². The zero-order valence-corrected chi connectivity index (χ0v) is 26.7. The molecule has 0 atom stereocenters. The number of anilines is 1. The zero-order chi connectivity index (χ0) is 32.1. The Hall–Kier alpha value is -4.47. The van der Waals surface area contributed by atoms with Crippen LogP contribution < -0.4 is 16.0 Å². The van der Waals surface area contributed by atoms with Crippen LogP contribution >= 0.6 is 11.6 Å². The Bertz CT molecular complexity index is 1520. The number of ether oxygens (including phenoxy) is 1. The molecule has 10 heteroatoms. The number of urea groups is 1. The maximum Gasteiger partial charge on any atom is 0.319 e. The van der Waals surface area contributed by atoms with E-state index in [1.165, 1.54) is 0 Å². The summed E-state index contributed by atoms with van der Waals surface area (Å²) >= 11 is 6.33. The van der Waals surface area contributed by atoms with Gasteiger partial charge in [0, 0.05) is 60.4 Å². The van der Waals surface area contributed by atoms with Crippen LogP contribution in [0.2, 0.25) is 5.02 Å². The average Bonchev–Trinajstić information content (AvgIpc) is 3.07. The number of halogens is 1. The first kappa shape index (κ1) is 32.9. The molecule has 2 aliphatic rings. The number of carbonyl (C=O) groups is 2. The number of carbonyl (C=O) groups excluding carboxylic acids is 2. The largest absolute Gasteiger partial charge is 0.508 e. The lowest BCUT2D eigenvalue weighted by molar-refractivity contribution is 0.0950. The number of unbranched alkanes of at least 4 members (excludes halogenated alkanes) is 2. The third kappa shape index (κ3) is 9.76. The number of phenols is 1. The monoisotopic (exact) mass is 643 g/mol. The Morgan fingerprint density at radius 1 is 0.891 bits per heavy atom. The van der Waals surface area contributed by atoms with Crippen LogP contribution in [0.1, 0.15) is 59.5 Å². The highest BCUT2D eigenvalue weighted by atomic mass is 35.5. The van der Waals surface area contributed by atoms with Crippen molar-refractivity contribution >= 4 is 35.0 Å². The van der Waals surface area contributed by atoms with Crippen molar-refractivity contribution in [2.75, 3.05) is 44.6 Å². The lowest BCUT2D eigenvalue weighted by Gasteiger charge is -2.34. The van der Waals surface area contributed by atoms with Crippen LogP contribution in [0.25, 0.3) is 5.76 Å². The highest BCUT2D eigenvalue weighted by Crippen LogP contribution is 2.32. The van der Waals surface area contributed by atoms with Gasteiger partial charge in [-0.05, 0) is 93.1 Å². The predicted molar refractivity (Wildman–Crippen MR) is 183 cm³/mol. The summed E-state index contributed by atoms with van der Waals surface area (Å²) in [5.74, 6) is 1.11. The first-order chi connectivity index (χ1) is 22.4. The summed E-state index contributed by atoms with van der Waals surface area (Å²) in [6, 6.07) is 21.8. The van der Waals surface area contributed by atoms with Crippen LogP contribution in [0, 0.1) is 0 Å². The molecule has 3 aromatic carbocycles. The second kappa shape index (κ2) is 16.7. The molecule has 2 aliphatic heterocycles. The van der Waals surface area contributed by atoms with Crippen LogP contribution in [0.4, 0.5) is 10.5 Å². The van der Waals surface area contributed by atoms with Crippen molar-refractivity contribution < 1.29 is 19.4 Å². The summed E-state index contributed by atoms with van der Waals surface area (Å²) in [5.41, 5.74) is 3.31. The van der Waals surface area contributed by atoms with Gasteiger partial charge in [-0.3, -0.25) is 4.79 Å². The van der Waals surface area contributed by atoms with E-state index in [0.29, 0.717) is 35.4 Å². The number of rotatable bonds is 13. The molecule has 9 nitrogen and oxygen atoms in total. The van der Waals surface area contributed by atoms with Gasteiger partial charge in [0.25, 0.3) is 5.91 Å². The number of aromatic hydroxyl groups is 1. The van der Waals surface area contributed by atoms with E-state index >= 15 is 0 Å². The molecular weight excluding hydrogens is 602 g/mol. The van der Waals surface area contributed by atoms with Gasteiger partial charge < -0.3 is 35.6 Å². The lowest BCUT2D eigenvalue weighted by Crippen LogP contribution is -2.38. The lowest BCUT2D eigenvalue weighted by atomic mass is 9.86. The molecular formula is C36H42ClN5O4. The van der Waals surface area contributed by atoms with Gasteiger partial charge in [-0.25, -0.2) is 4.79 Å². The van der Waals surface area contributed by atoms with Gasteiger partial charge >= 0.3 is 6.03 Å². The highest BCUT2D eigenvalue weighted by Gasteiger charge is 2.25. The molecule has 4 N–H and O–H groups in total. The SMILES string of the molecule is O=C(NCCCCCNC(=O)c1cc(Cl)ccc1C1CCN(CCN2C=COC(c3cccc(O)c3)=C2)CC1)Nc1ccccc1. The fourth-order valence-corrected chi connectivity index (χ4v) is 5.95. The molecule has 2 heterocycles. The topological polar surface area (TPSA) is 106 Å². The molecule has 1 fully saturated rings. The Morgan fingerprint density at radius 3 is 2.46 bits per heavy atom. The molecule has 242 valence electrons. The maximum atomic E-state index is 13.2. The van der Waals surface area contributed by atoms with E-state index in [9.17, 15) is 14.7 Å². The Labute approximate surface area is 275 Å². The molecule has 0 unspecified atom stereocenters. The summed E-state index contributed by atoms with van der Waals surface area (Å²) in [5, 5.41) is 19.1. The van der Waals surface area contributed by atoms with Gasteiger partial charge in [0.05, 0.1) is 0 Å². The summed E-state index contributed by atoms with van der Waals surface area (Å²) in [7, 11) is 0. The second-order valence-corrected chi connectivity index (χ2v) is 12.0. The van der Waals surface area contributed by atoms with Crippen molar-refractivity contribution in [2.45, 2.75) is 38.0 Å². The van der Waals surface area contributed by atoms with Gasteiger partial charge in [0.15, 0.2) is 0 Å². The fraction of sp³-hybridized carbons (Fsp3) is 0.333. The quantitative estimate of drug-likeness (QED) is 0.154. The number of nitrogens with one attached hydrogen (secondary N) is 3. The average molecular weight is 644 g/mol. The van der Waals surface area contributed by atoms with Gasteiger partial charge in [0.1, 0.15) is 17.8 Å². The van der Waals surface area contributed by atoms with Crippen LogP contribution in [-0.2, 0) is 4.74 Å². The van der Waals surface area contributed by atoms with E-state index in [-0.39, 0.29) is 17.7 Å². The van der Waals surface area contributed by atoms with Crippen LogP contribution in [0.15, 0.2) is 91.5 Å². The van der Waals surface area contributed by atoms with Crippen LogP contribution in [0.3, 0.4) is 0 Å². The third-order valence-corrected chi connectivity index (χ3v) is 8.51. The van der Waals surface area contributed by atoms with E-state index in [1.807, 2.05) is 60.9 Å². The Kier molecular flexibility index (Phi) is 12.0. The minimum absolute atomic E-state index is 0.0891. The molecule has 46 heavy (non-hydrogen) atoms. The molecule has 0 aliphatic carbocycles. The zero-order valence-electron chi connectivity index (χ0n) is 26.0. The first-order valence-corrected chi connectivity index (χ1v) is 16.3. The molecule has 1 saturated heterocycles. The Balaban J connectivity index is 1.02. The summed E-state index contributed by atoms with van der Waals surface area (Å²) in [6.45, 7) is 4.76. The van der Waals surface area contributed by atoms with E-state index in [4.69, 9.17) is 16.3 Å². The van der Waals surface area contributed by atoms with Crippen molar-refractivity contribution in [1.82, 2.24) is 20.4 Å². The van der Waals surface area contributed by atoms with Crippen molar-refractivity contribution in [3.63, 3.8) is 0 Å². The van der Waals surface area contributed by atoms with E-state index in [2.05, 4.69) is 25.8 Å². The number of likely N-dealkylation sites (tertiary alicyclic amines) is 1. The van der Waals surface area contributed by atoms with E-state index in [1.54, 1.807) is 30.5 Å². The molecule has 5 rings (SSSR count). The summed E-state index contributed by atoms with van der Waals surface area (Å²) in [6.07, 6.45) is 10.0. The maximum absolute atomic E-state index is 13.2. The standard InChI is InChI=1S/C36H42ClN5O4/c37-29-12-13-32(33(25-29)35(44)38-16-5-2-6-17-39-36(45)40-30-9-3-1-4-10-30)27-14-18-41(19-15-27)20-21-42-22-23-46-34(26-42)28-8-7-11-31(43)24-28/h1,3-4,7-13,22-27,43H,2,5-6,14-21H2,(H,38,44)(H2,39,40,45). The molecule has 3 aromatic rings. The number of hydrogen-bond acceptors (Lipinski definition) is 6. The van der Waals surface area contributed by atoms with Gasteiger partial charge in [-0.15, -0.1) is 0 Å². The number of nitrogens with zero attached hydrogens (tertiary/aromatic N) is 2. The normalized spacial score (nSPS) is 15.2. The molecule has 0 saturated carbocycles. The number of hydrogen-bond donors (Lipinski definition) is 4. The van der Waals surface area contributed by atoms with E-state index in [0.717, 1.165) is 75.1 Å². The molecule has 0 aromatic heterocycles. The van der Waals surface area contributed by atoms with Crippen molar-refractivity contribution in [3.05, 3.63) is 113 Å². The van der Waals surface area contributed by atoms with Crippen LogP contribution in [0.5, 0.6) is 5.75 Å². The number of amides is 3. The van der Waals surface area contributed by atoms with E-state index < -0.39 is 0 Å². The predicted octanol–water partition coefficient (Wildman–Crippen LogP) is 6.75. The van der Waals surface area contributed by atoms with Crippen molar-refractivity contribution in [2.24, 2.45) is 0 Å². The molecule has 0 bridgehead atoms. The van der Waals surface area contributed by atoms with Gasteiger partial charge in [-0.2, -0.15) is 0 Å². The molecule has 0 spiro atoms. The second-order valence-electron chi connectivity index (χ2n) is 11.6. The number of para-hydroxylation sites is 1. The highest BCUT2D eigenvalue weighted by molar-refractivity contribution is 6.31.